The Balaban J connectivity index is 1.32. The highest BCUT2D eigenvalue weighted by molar-refractivity contribution is 6.32. The Bertz CT molecular complexity index is 914. The molecule has 3 unspecified atom stereocenters. The smallest absolute Gasteiger partial charge is 0.232 e. The van der Waals surface area contributed by atoms with Crippen LogP contribution in [0.15, 0.2) is 36.5 Å². The lowest BCUT2D eigenvalue weighted by atomic mass is 9.83. The molecule has 0 bridgehead atoms. The summed E-state index contributed by atoms with van der Waals surface area (Å²) in [4.78, 5) is 15.6. The molecule has 5 nitrogen and oxygen atoms in total. The average molecular weight is 457 g/mol. The molecule has 1 aromatic carbocycles. The monoisotopic (exact) mass is 456 g/mol. The van der Waals surface area contributed by atoms with Crippen LogP contribution in [0, 0.1) is 11.8 Å². The number of carbonyl (C=O) groups excluding carboxylic acids is 1. The van der Waals surface area contributed by atoms with Crippen LogP contribution in [0.2, 0.25) is 5.02 Å². The number of hydrogen-bond donors (Lipinski definition) is 1. The van der Waals surface area contributed by atoms with E-state index in [0.29, 0.717) is 22.7 Å². The predicted octanol–water partition coefficient (Wildman–Crippen LogP) is 5.90. The van der Waals surface area contributed by atoms with Gasteiger partial charge in [0.2, 0.25) is 11.8 Å². The van der Waals surface area contributed by atoms with Gasteiger partial charge in [-0.2, -0.15) is 0 Å². The Hall–Kier alpha value is -2.27. The molecule has 1 heterocycles. The van der Waals surface area contributed by atoms with E-state index in [0.717, 1.165) is 49.2 Å². The molecule has 2 aliphatic carbocycles. The predicted molar refractivity (Wildman–Crippen MR) is 126 cm³/mol. The van der Waals surface area contributed by atoms with Crippen molar-refractivity contribution in [1.82, 2.24) is 10.3 Å². The van der Waals surface area contributed by atoms with E-state index in [2.05, 4.69) is 10.3 Å². The first-order chi connectivity index (χ1) is 15.5. The second kappa shape index (κ2) is 10.6. The first-order valence-corrected chi connectivity index (χ1v) is 12.2. The number of ether oxygens (including phenoxy) is 2. The first-order valence-electron chi connectivity index (χ1n) is 11.8. The van der Waals surface area contributed by atoms with Crippen molar-refractivity contribution in [3.8, 4) is 11.6 Å². The zero-order valence-corrected chi connectivity index (χ0v) is 19.7. The van der Waals surface area contributed by atoms with Crippen molar-refractivity contribution >= 4 is 17.5 Å². The summed E-state index contributed by atoms with van der Waals surface area (Å²) in [6.45, 7) is 4.24. The summed E-state index contributed by atoms with van der Waals surface area (Å²) < 4.78 is 12.2. The summed E-state index contributed by atoms with van der Waals surface area (Å²) in [5, 5.41) is 3.58. The summed E-state index contributed by atoms with van der Waals surface area (Å²) in [5.41, 5.74) is 2.19. The van der Waals surface area contributed by atoms with Gasteiger partial charge in [-0.05, 0) is 93.0 Å². The first kappa shape index (κ1) is 22.9. The molecule has 3 atom stereocenters. The third-order valence-corrected chi connectivity index (χ3v) is 6.84. The highest BCUT2D eigenvalue weighted by Crippen LogP contribution is 2.35. The van der Waals surface area contributed by atoms with Crippen LogP contribution >= 0.6 is 11.6 Å². The minimum atomic E-state index is -0.0260. The number of amides is 1. The van der Waals surface area contributed by atoms with Crippen LogP contribution in [-0.4, -0.2) is 23.6 Å². The maximum Gasteiger partial charge on any atom is 0.232 e. The van der Waals surface area contributed by atoms with Gasteiger partial charge in [-0.15, -0.1) is 0 Å². The van der Waals surface area contributed by atoms with Crippen LogP contribution < -0.4 is 14.8 Å². The van der Waals surface area contributed by atoms with Gasteiger partial charge in [0.25, 0.3) is 0 Å². The van der Waals surface area contributed by atoms with Crippen LogP contribution in [-0.2, 0) is 11.2 Å². The zero-order chi connectivity index (χ0) is 22.5. The van der Waals surface area contributed by atoms with Crippen molar-refractivity contribution in [2.45, 2.75) is 70.9 Å². The lowest BCUT2D eigenvalue weighted by molar-refractivity contribution is -0.119. The Labute approximate surface area is 195 Å². The minimum Gasteiger partial charge on any atom is -0.490 e. The van der Waals surface area contributed by atoms with E-state index in [4.69, 9.17) is 21.1 Å². The van der Waals surface area contributed by atoms with E-state index < -0.39 is 0 Å². The summed E-state index contributed by atoms with van der Waals surface area (Å²) in [6, 6.07) is 10.1. The van der Waals surface area contributed by atoms with E-state index in [9.17, 15) is 4.79 Å². The van der Waals surface area contributed by atoms with Crippen LogP contribution in [0.5, 0.6) is 11.6 Å². The van der Waals surface area contributed by atoms with Gasteiger partial charge in [-0.1, -0.05) is 23.7 Å². The molecule has 0 radical (unpaired) electrons. The molecular weight excluding hydrogens is 424 g/mol. The average Bonchev–Trinajstić information content (AvgIpc) is 3.59. The van der Waals surface area contributed by atoms with Crippen molar-refractivity contribution < 1.29 is 14.3 Å². The van der Waals surface area contributed by atoms with Gasteiger partial charge >= 0.3 is 0 Å². The molecule has 1 amide bonds. The summed E-state index contributed by atoms with van der Waals surface area (Å²) in [5.74, 6) is 2.64. The molecule has 0 saturated heterocycles. The van der Waals surface area contributed by atoms with Gasteiger partial charge < -0.3 is 14.8 Å². The number of pyridine rings is 1. The third kappa shape index (κ3) is 6.38. The van der Waals surface area contributed by atoms with Gasteiger partial charge in [0, 0.05) is 13.1 Å². The molecule has 0 aliphatic heterocycles. The lowest BCUT2D eigenvalue weighted by Gasteiger charge is -2.30. The summed E-state index contributed by atoms with van der Waals surface area (Å²) in [6.07, 6.45) is 9.86. The zero-order valence-electron chi connectivity index (χ0n) is 19.0. The van der Waals surface area contributed by atoms with Gasteiger partial charge in [-0.25, -0.2) is 4.98 Å². The number of hydrogen-bond acceptors (Lipinski definition) is 4. The second-order valence-electron chi connectivity index (χ2n) is 9.31. The molecule has 6 heteroatoms. The van der Waals surface area contributed by atoms with E-state index in [1.54, 1.807) is 0 Å². The topological polar surface area (TPSA) is 60.5 Å². The summed E-state index contributed by atoms with van der Waals surface area (Å²) >= 11 is 6.62. The number of rotatable bonds is 9. The fourth-order valence-corrected chi connectivity index (χ4v) is 4.71. The molecule has 2 aliphatic rings. The van der Waals surface area contributed by atoms with E-state index >= 15 is 0 Å². The molecule has 1 N–H and O–H groups in total. The van der Waals surface area contributed by atoms with Crippen LogP contribution in [0.1, 0.15) is 69.5 Å². The highest BCUT2D eigenvalue weighted by Gasteiger charge is 2.26. The quantitative estimate of drug-likeness (QED) is 0.510. The molecule has 2 saturated carbocycles. The third-order valence-electron chi connectivity index (χ3n) is 6.44. The largest absolute Gasteiger partial charge is 0.490 e. The van der Waals surface area contributed by atoms with Crippen molar-refractivity contribution in [2.75, 3.05) is 6.61 Å². The van der Waals surface area contributed by atoms with Gasteiger partial charge in [-0.3, -0.25) is 4.79 Å². The van der Waals surface area contributed by atoms with Crippen molar-refractivity contribution in [2.24, 2.45) is 11.8 Å². The lowest BCUT2D eigenvalue weighted by Crippen LogP contribution is -2.26. The Kier molecular flexibility index (Phi) is 7.56. The van der Waals surface area contributed by atoms with Crippen LogP contribution in [0.25, 0.3) is 0 Å². The van der Waals surface area contributed by atoms with Crippen LogP contribution in [0.3, 0.4) is 0 Å². The number of nitrogens with zero attached hydrogens (tertiary/aromatic N) is 1. The molecule has 0 spiro atoms. The second-order valence-corrected chi connectivity index (χ2v) is 9.69. The molecule has 172 valence electrons. The Morgan fingerprint density at radius 1 is 1.16 bits per heavy atom. The maximum atomic E-state index is 11.3. The van der Waals surface area contributed by atoms with Crippen molar-refractivity contribution in [1.29, 1.82) is 0 Å². The number of aromatic nitrogens is 1. The summed E-state index contributed by atoms with van der Waals surface area (Å²) in [7, 11) is 0. The molecule has 2 aromatic rings. The van der Waals surface area contributed by atoms with Gasteiger partial charge in [0.15, 0.2) is 0 Å². The Morgan fingerprint density at radius 2 is 1.94 bits per heavy atom. The number of halogens is 1. The number of carbonyl (C=O) groups is 1. The van der Waals surface area contributed by atoms with E-state index in [1.807, 2.05) is 43.5 Å². The molecule has 32 heavy (non-hydrogen) atoms. The van der Waals surface area contributed by atoms with Gasteiger partial charge in [0.1, 0.15) is 10.8 Å². The fourth-order valence-electron chi connectivity index (χ4n) is 4.46. The standard InChI is InChI=1S/C26H33ClN2O3/c1-17(29-18(2)30)21-8-10-23(11-9-21)32-24-5-3-4-20(15-24)14-22-12-13-28-26(25(22)27)31-16-19-6-7-19/h8-13,17,19-20,24H,3-7,14-16H2,1-2H3,(H,29,30). The normalized spacial score (nSPS) is 21.6. The van der Waals surface area contributed by atoms with Crippen molar-refractivity contribution in [3.05, 3.63) is 52.7 Å². The van der Waals surface area contributed by atoms with E-state index in [1.165, 1.54) is 26.2 Å². The van der Waals surface area contributed by atoms with Gasteiger partial charge in [0.05, 0.1) is 18.8 Å². The molecule has 4 rings (SSSR count). The van der Waals surface area contributed by atoms with Crippen LogP contribution in [0.4, 0.5) is 0 Å². The molecular formula is C26H33ClN2O3. The highest BCUT2D eigenvalue weighted by atomic mass is 35.5. The molecule has 1 aromatic heterocycles. The SMILES string of the molecule is CC(=O)NC(C)c1ccc(OC2CCCC(Cc3ccnc(OCC4CC4)c3Cl)C2)cc1. The Morgan fingerprint density at radius 3 is 2.66 bits per heavy atom. The van der Waals surface area contributed by atoms with E-state index in [-0.39, 0.29) is 18.1 Å². The molecule has 2 fully saturated rings. The fraction of sp³-hybridized carbons (Fsp3) is 0.538. The number of benzene rings is 1. The minimum absolute atomic E-state index is 0.0103. The maximum absolute atomic E-state index is 11.3. The number of nitrogens with one attached hydrogen (secondary N) is 1. The van der Waals surface area contributed by atoms with Crippen molar-refractivity contribution in [3.63, 3.8) is 0 Å².